The molecule has 3 heterocycles. The molecule has 0 N–H and O–H groups in total. The molecule has 0 spiro atoms. The number of hydrogen-bond donors (Lipinski definition) is 0. The van der Waals surface area contributed by atoms with E-state index in [-0.39, 0.29) is 5.97 Å². The SMILES string of the molecule is CC1(C)O[C@@H]2O[C@H]([C@@H]3COC(C)(C)O3)[C@H](OC(=O)C3=C(P(c4ccccc4)c4ccccc4)C=CC3)[C@@H]2O1. The topological polar surface area (TPSA) is 72.5 Å². The van der Waals surface area contributed by atoms with E-state index in [1.54, 1.807) is 0 Å². The number of rotatable bonds is 6. The maximum Gasteiger partial charge on any atom is 0.335 e. The highest BCUT2D eigenvalue weighted by Gasteiger charge is 2.60. The summed E-state index contributed by atoms with van der Waals surface area (Å²) in [5.74, 6) is -1.95. The van der Waals surface area contributed by atoms with E-state index >= 15 is 0 Å². The van der Waals surface area contributed by atoms with Crippen LogP contribution in [-0.2, 0) is 33.2 Å². The summed E-state index contributed by atoms with van der Waals surface area (Å²) in [6.45, 7) is 7.70. The lowest BCUT2D eigenvalue weighted by Gasteiger charge is -2.29. The van der Waals surface area contributed by atoms with E-state index in [0.29, 0.717) is 18.6 Å². The molecule has 5 atom stereocenters. The molecule has 0 radical (unpaired) electrons. The Balaban J connectivity index is 1.32. The summed E-state index contributed by atoms with van der Waals surface area (Å²) in [4.78, 5) is 13.9. The number of allylic oxidation sites excluding steroid dienone is 3. The zero-order valence-corrected chi connectivity index (χ0v) is 22.9. The Kier molecular flexibility index (Phi) is 6.79. The second kappa shape index (κ2) is 9.98. The van der Waals surface area contributed by atoms with Crippen molar-refractivity contribution in [3.63, 3.8) is 0 Å². The van der Waals surface area contributed by atoms with E-state index in [4.69, 9.17) is 28.4 Å². The highest BCUT2D eigenvalue weighted by atomic mass is 31.1. The van der Waals surface area contributed by atoms with Crippen molar-refractivity contribution in [2.24, 2.45) is 0 Å². The largest absolute Gasteiger partial charge is 0.453 e. The maximum atomic E-state index is 13.9. The molecule has 3 saturated heterocycles. The summed E-state index contributed by atoms with van der Waals surface area (Å²) < 4.78 is 36.5. The van der Waals surface area contributed by atoms with Gasteiger partial charge in [0.1, 0.15) is 12.2 Å². The smallest absolute Gasteiger partial charge is 0.335 e. The van der Waals surface area contributed by atoms with E-state index in [1.165, 1.54) is 10.6 Å². The summed E-state index contributed by atoms with van der Waals surface area (Å²) in [7, 11) is -0.941. The highest BCUT2D eigenvalue weighted by molar-refractivity contribution is 7.77. The molecule has 3 aliphatic heterocycles. The Morgan fingerprint density at radius 1 is 0.868 bits per heavy atom. The number of esters is 1. The number of ether oxygens (including phenoxy) is 6. The summed E-state index contributed by atoms with van der Waals surface area (Å²) in [5, 5.41) is 3.35. The van der Waals surface area contributed by atoms with E-state index in [1.807, 2.05) is 70.2 Å². The molecule has 1 aliphatic carbocycles. The van der Waals surface area contributed by atoms with Crippen LogP contribution in [0.25, 0.3) is 0 Å². The molecule has 2 aromatic rings. The van der Waals surface area contributed by atoms with Crippen LogP contribution in [-0.4, -0.2) is 54.9 Å². The first-order valence-electron chi connectivity index (χ1n) is 13.0. The van der Waals surface area contributed by atoms with Crippen LogP contribution >= 0.6 is 7.92 Å². The second-order valence-corrected chi connectivity index (χ2v) is 13.0. The molecule has 0 saturated carbocycles. The Hall–Kier alpha value is -2.38. The van der Waals surface area contributed by atoms with E-state index in [2.05, 4.69) is 30.3 Å². The van der Waals surface area contributed by atoms with Gasteiger partial charge in [-0.05, 0) is 58.0 Å². The average Bonchev–Trinajstić information content (AvgIpc) is 3.64. The molecular weight excluding hydrogens is 503 g/mol. The summed E-state index contributed by atoms with van der Waals surface area (Å²) in [6.07, 6.45) is 1.72. The monoisotopic (exact) mass is 536 g/mol. The van der Waals surface area contributed by atoms with Crippen molar-refractivity contribution in [1.82, 2.24) is 0 Å². The van der Waals surface area contributed by atoms with Crippen LogP contribution in [0.2, 0.25) is 0 Å². The number of fused-ring (bicyclic) bond motifs is 1. The van der Waals surface area contributed by atoms with Gasteiger partial charge in [0.05, 0.1) is 6.61 Å². The lowest BCUT2D eigenvalue weighted by Crippen LogP contribution is -2.45. The van der Waals surface area contributed by atoms with Crippen LogP contribution in [0.15, 0.2) is 83.7 Å². The molecule has 8 heteroatoms. The van der Waals surface area contributed by atoms with Gasteiger partial charge in [-0.2, -0.15) is 0 Å². The molecule has 2 aromatic carbocycles. The molecule has 7 nitrogen and oxygen atoms in total. The number of benzene rings is 2. The summed E-state index contributed by atoms with van der Waals surface area (Å²) in [6, 6.07) is 20.7. The van der Waals surface area contributed by atoms with Crippen molar-refractivity contribution in [3.05, 3.63) is 83.7 Å². The fraction of sp³-hybridized carbons (Fsp3) is 0.433. The van der Waals surface area contributed by atoms with E-state index in [9.17, 15) is 4.79 Å². The van der Waals surface area contributed by atoms with Crippen LogP contribution in [0, 0.1) is 0 Å². The lowest BCUT2D eigenvalue weighted by molar-refractivity contribution is -0.234. The molecule has 0 aromatic heterocycles. The Labute approximate surface area is 224 Å². The van der Waals surface area contributed by atoms with Gasteiger partial charge in [-0.15, -0.1) is 0 Å². The van der Waals surface area contributed by atoms with Gasteiger partial charge in [0.25, 0.3) is 0 Å². The fourth-order valence-electron chi connectivity index (χ4n) is 5.48. The van der Waals surface area contributed by atoms with Gasteiger partial charge in [-0.25, -0.2) is 4.79 Å². The maximum absolute atomic E-state index is 13.9. The fourth-order valence-corrected chi connectivity index (χ4v) is 7.98. The first kappa shape index (κ1) is 25.9. The van der Waals surface area contributed by atoms with E-state index < -0.39 is 50.2 Å². The molecule has 38 heavy (non-hydrogen) atoms. The Bertz CT molecular complexity index is 1200. The zero-order chi connectivity index (χ0) is 26.5. The molecule has 6 rings (SSSR count). The van der Waals surface area contributed by atoms with Crippen LogP contribution in [0.1, 0.15) is 34.1 Å². The standard InChI is InChI=1S/C30H33O7P/c1-29(2)32-18-22(35-29)24-25(26-28(34-24)37-30(3,4)36-26)33-27(31)21-16-11-17-23(21)38(19-12-7-5-8-13-19)20-14-9-6-10-15-20/h5-15,17,22,24-26,28H,16,18H2,1-4H3/t22-,24+,25-,26-,28-/m0/s1. The van der Waals surface area contributed by atoms with Crippen molar-refractivity contribution in [2.45, 2.75) is 76.4 Å². The van der Waals surface area contributed by atoms with Gasteiger partial charge < -0.3 is 28.4 Å². The minimum atomic E-state index is -0.941. The number of carbonyl (C=O) groups excluding carboxylic acids is 1. The Morgan fingerprint density at radius 3 is 2.13 bits per heavy atom. The van der Waals surface area contributed by atoms with Gasteiger partial charge >= 0.3 is 5.97 Å². The molecule has 3 fully saturated rings. The third-order valence-electron chi connectivity index (χ3n) is 7.09. The zero-order valence-electron chi connectivity index (χ0n) is 22.0. The number of carbonyl (C=O) groups is 1. The molecule has 0 amide bonds. The van der Waals surface area contributed by atoms with Gasteiger partial charge in [0.15, 0.2) is 30.1 Å². The van der Waals surface area contributed by atoms with Crippen molar-refractivity contribution >= 4 is 24.5 Å². The number of hydrogen-bond acceptors (Lipinski definition) is 7. The molecule has 0 bridgehead atoms. The van der Waals surface area contributed by atoms with Gasteiger partial charge in [-0.3, -0.25) is 0 Å². The van der Waals surface area contributed by atoms with Crippen molar-refractivity contribution in [2.75, 3.05) is 6.61 Å². The highest BCUT2D eigenvalue weighted by Crippen LogP contribution is 2.49. The minimum absolute atomic E-state index is 0.331. The predicted molar refractivity (Wildman–Crippen MR) is 143 cm³/mol. The van der Waals surface area contributed by atoms with Crippen LogP contribution in [0.4, 0.5) is 0 Å². The second-order valence-electron chi connectivity index (χ2n) is 10.8. The lowest BCUT2D eigenvalue weighted by atomic mass is 10.1. The predicted octanol–water partition coefficient (Wildman–Crippen LogP) is 4.27. The minimum Gasteiger partial charge on any atom is -0.453 e. The van der Waals surface area contributed by atoms with Crippen LogP contribution in [0.5, 0.6) is 0 Å². The van der Waals surface area contributed by atoms with Crippen molar-refractivity contribution in [3.8, 4) is 0 Å². The molecular formula is C30H33O7P. The average molecular weight is 537 g/mol. The molecule has 4 aliphatic rings. The van der Waals surface area contributed by atoms with Crippen LogP contribution < -0.4 is 10.6 Å². The summed E-state index contributed by atoms with van der Waals surface area (Å²) >= 11 is 0. The molecule has 200 valence electrons. The quantitative estimate of drug-likeness (QED) is 0.403. The van der Waals surface area contributed by atoms with Gasteiger partial charge in [0.2, 0.25) is 0 Å². The van der Waals surface area contributed by atoms with Gasteiger partial charge in [0, 0.05) is 5.57 Å². The van der Waals surface area contributed by atoms with Crippen LogP contribution in [0.3, 0.4) is 0 Å². The molecule has 0 unspecified atom stereocenters. The Morgan fingerprint density at radius 2 is 1.53 bits per heavy atom. The normalized spacial score (nSPS) is 31.2. The third kappa shape index (κ3) is 5.00. The third-order valence-corrected chi connectivity index (χ3v) is 9.62. The van der Waals surface area contributed by atoms with Crippen molar-refractivity contribution < 1.29 is 33.2 Å². The first-order chi connectivity index (χ1) is 18.2. The first-order valence-corrected chi connectivity index (χ1v) is 14.4. The summed E-state index contributed by atoms with van der Waals surface area (Å²) in [5.41, 5.74) is 0.660. The van der Waals surface area contributed by atoms with Crippen molar-refractivity contribution in [1.29, 1.82) is 0 Å². The van der Waals surface area contributed by atoms with Gasteiger partial charge in [-0.1, -0.05) is 72.8 Å². The van der Waals surface area contributed by atoms with E-state index in [0.717, 1.165) is 5.31 Å².